The van der Waals surface area contributed by atoms with E-state index in [1.807, 2.05) is 0 Å². The normalized spacial score (nSPS) is 22.2. The Morgan fingerprint density at radius 1 is 1.23 bits per heavy atom. The molecule has 2 saturated heterocycles. The quantitative estimate of drug-likeness (QED) is 0.810. The highest BCUT2D eigenvalue weighted by Gasteiger charge is 2.25. The molecule has 0 saturated carbocycles. The SMILES string of the molecule is NS(=O)(=O)c1cccc(NC(=O)N2CCCOC(CN3CCCC3)C2)c1. The number of hydrogen-bond donors (Lipinski definition) is 2. The summed E-state index contributed by atoms with van der Waals surface area (Å²) in [5.41, 5.74) is 0.405. The van der Waals surface area contributed by atoms with Crippen LogP contribution in [0.25, 0.3) is 0 Å². The summed E-state index contributed by atoms with van der Waals surface area (Å²) < 4.78 is 28.8. The standard InChI is InChI=1S/C17H26N4O4S/c18-26(23,24)16-6-3-5-14(11-16)19-17(22)21-9-4-10-25-15(13-21)12-20-7-1-2-8-20/h3,5-6,11,15H,1-2,4,7-10,12-13H2,(H,19,22)(H2,18,23,24). The Hall–Kier alpha value is -1.68. The summed E-state index contributed by atoms with van der Waals surface area (Å²) in [4.78, 5) is 16.7. The Morgan fingerprint density at radius 3 is 2.73 bits per heavy atom. The average Bonchev–Trinajstić information content (AvgIpc) is 2.98. The van der Waals surface area contributed by atoms with Crippen molar-refractivity contribution in [1.29, 1.82) is 0 Å². The predicted molar refractivity (Wildman–Crippen MR) is 98.4 cm³/mol. The highest BCUT2D eigenvalue weighted by Crippen LogP contribution is 2.16. The van der Waals surface area contributed by atoms with E-state index in [1.54, 1.807) is 17.0 Å². The summed E-state index contributed by atoms with van der Waals surface area (Å²) >= 11 is 0. The predicted octanol–water partition coefficient (Wildman–Crippen LogP) is 1.05. The van der Waals surface area contributed by atoms with Gasteiger partial charge in [-0.2, -0.15) is 0 Å². The second-order valence-corrected chi connectivity index (χ2v) is 8.36. The van der Waals surface area contributed by atoms with Gasteiger partial charge in [-0.1, -0.05) is 6.07 Å². The molecule has 3 N–H and O–H groups in total. The fourth-order valence-corrected chi connectivity index (χ4v) is 3.96. The van der Waals surface area contributed by atoms with Crippen molar-refractivity contribution in [2.75, 3.05) is 44.6 Å². The number of amides is 2. The van der Waals surface area contributed by atoms with Gasteiger partial charge >= 0.3 is 6.03 Å². The molecule has 1 atom stereocenters. The Labute approximate surface area is 154 Å². The summed E-state index contributed by atoms with van der Waals surface area (Å²) in [6.45, 7) is 4.79. The van der Waals surface area contributed by atoms with Crippen molar-refractivity contribution < 1.29 is 17.9 Å². The van der Waals surface area contributed by atoms with E-state index in [-0.39, 0.29) is 17.0 Å². The molecule has 2 heterocycles. The highest BCUT2D eigenvalue weighted by atomic mass is 32.2. The van der Waals surface area contributed by atoms with Gasteiger partial charge in [-0.15, -0.1) is 0 Å². The minimum Gasteiger partial charge on any atom is -0.375 e. The van der Waals surface area contributed by atoms with E-state index in [0.717, 1.165) is 26.1 Å². The van der Waals surface area contributed by atoms with E-state index in [9.17, 15) is 13.2 Å². The summed E-state index contributed by atoms with van der Waals surface area (Å²) in [5, 5.41) is 7.91. The topological polar surface area (TPSA) is 105 Å². The zero-order valence-electron chi connectivity index (χ0n) is 14.8. The second kappa shape index (κ2) is 8.34. The monoisotopic (exact) mass is 382 g/mol. The van der Waals surface area contributed by atoms with E-state index in [1.165, 1.54) is 25.0 Å². The Morgan fingerprint density at radius 2 is 2.00 bits per heavy atom. The number of primary sulfonamides is 1. The van der Waals surface area contributed by atoms with Crippen LogP contribution in [0.5, 0.6) is 0 Å². The summed E-state index contributed by atoms with van der Waals surface area (Å²) in [7, 11) is -3.80. The van der Waals surface area contributed by atoms with Crippen molar-refractivity contribution in [3.63, 3.8) is 0 Å². The number of nitrogens with two attached hydrogens (primary N) is 1. The molecule has 0 aromatic heterocycles. The molecule has 0 bridgehead atoms. The number of likely N-dealkylation sites (tertiary alicyclic amines) is 1. The largest absolute Gasteiger partial charge is 0.375 e. The number of nitrogens with one attached hydrogen (secondary N) is 1. The van der Waals surface area contributed by atoms with Gasteiger partial charge in [-0.05, 0) is 50.6 Å². The van der Waals surface area contributed by atoms with Crippen molar-refractivity contribution in [3.05, 3.63) is 24.3 Å². The molecule has 0 aliphatic carbocycles. The van der Waals surface area contributed by atoms with Crippen molar-refractivity contribution >= 4 is 21.7 Å². The van der Waals surface area contributed by atoms with Gasteiger partial charge in [0.2, 0.25) is 10.0 Å². The molecule has 144 valence electrons. The molecule has 2 aliphatic heterocycles. The molecule has 1 unspecified atom stereocenters. The first kappa shape index (κ1) is 19.1. The summed E-state index contributed by atoms with van der Waals surface area (Å²) in [6.07, 6.45) is 3.22. The van der Waals surface area contributed by atoms with Crippen molar-refractivity contribution in [2.45, 2.75) is 30.3 Å². The maximum absolute atomic E-state index is 12.6. The zero-order chi connectivity index (χ0) is 18.6. The van der Waals surface area contributed by atoms with Crippen molar-refractivity contribution in [2.24, 2.45) is 5.14 Å². The number of ether oxygens (including phenoxy) is 1. The molecule has 3 rings (SSSR count). The first-order valence-electron chi connectivity index (χ1n) is 8.94. The number of sulfonamides is 1. The van der Waals surface area contributed by atoms with Crippen LogP contribution in [0.2, 0.25) is 0 Å². The molecule has 26 heavy (non-hydrogen) atoms. The van der Waals surface area contributed by atoms with Crippen LogP contribution in [0, 0.1) is 0 Å². The van der Waals surface area contributed by atoms with Gasteiger partial charge in [-0.25, -0.2) is 18.4 Å². The van der Waals surface area contributed by atoms with Crippen LogP contribution >= 0.6 is 0 Å². The maximum Gasteiger partial charge on any atom is 0.321 e. The smallest absolute Gasteiger partial charge is 0.321 e. The molecule has 9 heteroatoms. The lowest BCUT2D eigenvalue weighted by atomic mass is 10.3. The number of carbonyl (C=O) groups excluding carboxylic acids is 1. The number of benzene rings is 1. The third kappa shape index (κ3) is 5.16. The van der Waals surface area contributed by atoms with E-state index < -0.39 is 10.0 Å². The summed E-state index contributed by atoms with van der Waals surface area (Å²) in [5.74, 6) is 0. The highest BCUT2D eigenvalue weighted by molar-refractivity contribution is 7.89. The van der Waals surface area contributed by atoms with Crippen molar-refractivity contribution in [1.82, 2.24) is 9.80 Å². The average molecular weight is 382 g/mol. The first-order chi connectivity index (χ1) is 12.4. The summed E-state index contributed by atoms with van der Waals surface area (Å²) in [6, 6.07) is 5.70. The zero-order valence-corrected chi connectivity index (χ0v) is 15.6. The van der Waals surface area contributed by atoms with Crippen LogP contribution in [0.15, 0.2) is 29.2 Å². The van der Waals surface area contributed by atoms with Crippen LogP contribution in [-0.4, -0.2) is 69.7 Å². The molecule has 1 aromatic rings. The van der Waals surface area contributed by atoms with E-state index in [2.05, 4.69) is 10.2 Å². The lowest BCUT2D eigenvalue weighted by Crippen LogP contribution is -2.43. The number of nitrogens with zero attached hydrogens (tertiary/aromatic N) is 2. The lowest BCUT2D eigenvalue weighted by molar-refractivity contribution is 0.0355. The minimum absolute atomic E-state index is 0.00268. The van der Waals surface area contributed by atoms with Crippen LogP contribution in [0.4, 0.5) is 10.5 Å². The third-order valence-electron chi connectivity index (χ3n) is 4.71. The Bertz CT molecular complexity index is 734. The van der Waals surface area contributed by atoms with E-state index in [0.29, 0.717) is 25.4 Å². The van der Waals surface area contributed by atoms with Gasteiger partial charge in [0.15, 0.2) is 0 Å². The number of rotatable bonds is 4. The fourth-order valence-electron chi connectivity index (χ4n) is 3.40. The molecular formula is C17H26N4O4S. The van der Waals surface area contributed by atoms with Crippen molar-refractivity contribution in [3.8, 4) is 0 Å². The first-order valence-corrected chi connectivity index (χ1v) is 10.5. The van der Waals surface area contributed by atoms with Crippen LogP contribution in [0.3, 0.4) is 0 Å². The maximum atomic E-state index is 12.6. The fraction of sp³-hybridized carbons (Fsp3) is 0.588. The van der Waals surface area contributed by atoms with Crippen LogP contribution < -0.4 is 10.5 Å². The molecule has 1 aromatic carbocycles. The van der Waals surface area contributed by atoms with Gasteiger partial charge in [-0.3, -0.25) is 0 Å². The molecule has 2 aliphatic rings. The lowest BCUT2D eigenvalue weighted by Gasteiger charge is -2.27. The molecule has 8 nitrogen and oxygen atoms in total. The van der Waals surface area contributed by atoms with Gasteiger partial charge < -0.3 is 19.9 Å². The number of urea groups is 1. The third-order valence-corrected chi connectivity index (χ3v) is 5.62. The van der Waals surface area contributed by atoms with Gasteiger partial charge in [0.05, 0.1) is 11.0 Å². The number of hydrogen-bond acceptors (Lipinski definition) is 5. The molecule has 2 amide bonds. The van der Waals surface area contributed by atoms with Gasteiger partial charge in [0.1, 0.15) is 0 Å². The Balaban J connectivity index is 1.62. The second-order valence-electron chi connectivity index (χ2n) is 6.80. The number of anilines is 1. The molecule has 0 radical (unpaired) electrons. The van der Waals surface area contributed by atoms with Crippen LogP contribution in [-0.2, 0) is 14.8 Å². The molecule has 0 spiro atoms. The van der Waals surface area contributed by atoms with Crippen LogP contribution in [0.1, 0.15) is 19.3 Å². The number of carbonyl (C=O) groups is 1. The molecular weight excluding hydrogens is 356 g/mol. The van der Waals surface area contributed by atoms with Gasteiger partial charge in [0, 0.05) is 31.9 Å². The van der Waals surface area contributed by atoms with E-state index >= 15 is 0 Å². The van der Waals surface area contributed by atoms with E-state index in [4.69, 9.17) is 9.88 Å². The Kier molecular flexibility index (Phi) is 6.13. The minimum atomic E-state index is -3.80. The van der Waals surface area contributed by atoms with Gasteiger partial charge in [0.25, 0.3) is 0 Å². The molecule has 2 fully saturated rings.